The van der Waals surface area contributed by atoms with Gasteiger partial charge in [0.15, 0.2) is 0 Å². The first-order chi connectivity index (χ1) is 8.15. The van der Waals surface area contributed by atoms with Crippen molar-refractivity contribution in [2.24, 2.45) is 0 Å². The molecule has 1 unspecified atom stereocenters. The van der Waals surface area contributed by atoms with Crippen LogP contribution in [0.3, 0.4) is 0 Å². The quantitative estimate of drug-likeness (QED) is 0.878. The second-order valence-corrected chi connectivity index (χ2v) is 3.97. The Morgan fingerprint density at radius 2 is 2.00 bits per heavy atom. The fraction of sp³-hybridized carbons (Fsp3) is 0.385. The normalized spacial score (nSPS) is 13.2. The summed E-state index contributed by atoms with van der Waals surface area (Å²) in [6.07, 6.45) is 0.831. The second-order valence-electron chi connectivity index (χ2n) is 3.97. The molecule has 1 heterocycles. The van der Waals surface area contributed by atoms with Gasteiger partial charge in [-0.25, -0.2) is 8.78 Å². The largest absolute Gasteiger partial charge is 0.459 e. The van der Waals surface area contributed by atoms with Crippen molar-refractivity contribution in [3.8, 4) is 0 Å². The van der Waals surface area contributed by atoms with Crippen molar-refractivity contribution in [1.29, 1.82) is 0 Å². The molecular formula is C13H15F2NO. The van der Waals surface area contributed by atoms with E-state index >= 15 is 0 Å². The van der Waals surface area contributed by atoms with E-state index in [4.69, 9.17) is 4.42 Å². The van der Waals surface area contributed by atoms with Crippen LogP contribution in [0.2, 0.25) is 0 Å². The van der Waals surface area contributed by atoms with Crippen molar-refractivity contribution in [1.82, 2.24) is 5.32 Å². The van der Waals surface area contributed by atoms with Crippen LogP contribution in [0.25, 0.3) is 11.0 Å². The van der Waals surface area contributed by atoms with Crippen LogP contribution in [0.15, 0.2) is 22.6 Å². The van der Waals surface area contributed by atoms with Crippen LogP contribution < -0.4 is 5.32 Å². The standard InChI is InChI=1S/C13H15F2NO/c1-3-11(16-4-2)13-7-9-10(15)5-8(14)6-12(9)17-13/h5-7,11,16H,3-4H2,1-2H3. The van der Waals surface area contributed by atoms with Gasteiger partial charge >= 0.3 is 0 Å². The van der Waals surface area contributed by atoms with Crippen LogP contribution in [-0.4, -0.2) is 6.54 Å². The molecule has 0 radical (unpaired) electrons. The summed E-state index contributed by atoms with van der Waals surface area (Å²) in [6, 6.07) is 3.76. The van der Waals surface area contributed by atoms with Gasteiger partial charge in [-0.15, -0.1) is 0 Å². The molecule has 0 saturated heterocycles. The van der Waals surface area contributed by atoms with Gasteiger partial charge in [0.05, 0.1) is 11.4 Å². The molecular weight excluding hydrogens is 224 g/mol. The first-order valence-corrected chi connectivity index (χ1v) is 5.77. The molecule has 1 aromatic heterocycles. The molecule has 0 aliphatic rings. The van der Waals surface area contributed by atoms with Crippen molar-refractivity contribution in [2.45, 2.75) is 26.3 Å². The fourth-order valence-corrected chi connectivity index (χ4v) is 1.95. The van der Waals surface area contributed by atoms with Crippen LogP contribution in [0.5, 0.6) is 0 Å². The molecule has 17 heavy (non-hydrogen) atoms. The number of furan rings is 1. The zero-order valence-electron chi connectivity index (χ0n) is 9.89. The summed E-state index contributed by atoms with van der Waals surface area (Å²) in [5, 5.41) is 3.56. The molecule has 2 aromatic rings. The Morgan fingerprint density at radius 3 is 2.65 bits per heavy atom. The summed E-state index contributed by atoms with van der Waals surface area (Å²) in [5.41, 5.74) is 0.258. The Morgan fingerprint density at radius 1 is 1.24 bits per heavy atom. The van der Waals surface area contributed by atoms with Gasteiger partial charge in [0.1, 0.15) is 23.0 Å². The number of nitrogens with one attached hydrogen (secondary N) is 1. The Hall–Kier alpha value is -1.42. The van der Waals surface area contributed by atoms with E-state index in [1.807, 2.05) is 13.8 Å². The molecule has 0 bridgehead atoms. The number of rotatable bonds is 4. The lowest BCUT2D eigenvalue weighted by Gasteiger charge is -2.11. The van der Waals surface area contributed by atoms with Gasteiger partial charge < -0.3 is 9.73 Å². The maximum atomic E-state index is 13.5. The van der Waals surface area contributed by atoms with Crippen molar-refractivity contribution in [3.63, 3.8) is 0 Å². The SMILES string of the molecule is CCNC(CC)c1cc2c(F)cc(F)cc2o1. The molecule has 1 aromatic carbocycles. The Kier molecular flexibility index (Phi) is 3.43. The predicted octanol–water partition coefficient (Wildman–Crippen LogP) is 3.77. The molecule has 0 fully saturated rings. The highest BCUT2D eigenvalue weighted by molar-refractivity contribution is 5.78. The van der Waals surface area contributed by atoms with Gasteiger partial charge in [-0.2, -0.15) is 0 Å². The first-order valence-electron chi connectivity index (χ1n) is 5.77. The van der Waals surface area contributed by atoms with Crippen LogP contribution in [0.1, 0.15) is 32.1 Å². The van der Waals surface area contributed by atoms with Gasteiger partial charge in [0.2, 0.25) is 0 Å². The van der Waals surface area contributed by atoms with Gasteiger partial charge in [-0.1, -0.05) is 13.8 Å². The smallest absolute Gasteiger partial charge is 0.140 e. The van der Waals surface area contributed by atoms with Gasteiger partial charge in [0.25, 0.3) is 0 Å². The number of hydrogen-bond donors (Lipinski definition) is 1. The molecule has 0 amide bonds. The van der Waals surface area contributed by atoms with Crippen molar-refractivity contribution < 1.29 is 13.2 Å². The average molecular weight is 239 g/mol. The lowest BCUT2D eigenvalue weighted by Crippen LogP contribution is -2.19. The Bertz CT molecular complexity index is 521. The van der Waals surface area contributed by atoms with Gasteiger partial charge in [-0.05, 0) is 19.0 Å². The third kappa shape index (κ3) is 2.31. The minimum absolute atomic E-state index is 0.0369. The molecule has 1 N–H and O–H groups in total. The summed E-state index contributed by atoms with van der Waals surface area (Å²) in [7, 11) is 0. The Balaban J connectivity index is 2.46. The van der Waals surface area contributed by atoms with E-state index in [0.29, 0.717) is 11.1 Å². The molecule has 92 valence electrons. The van der Waals surface area contributed by atoms with E-state index in [2.05, 4.69) is 5.32 Å². The third-order valence-electron chi connectivity index (χ3n) is 2.77. The predicted molar refractivity (Wildman–Crippen MR) is 62.8 cm³/mol. The zero-order valence-corrected chi connectivity index (χ0v) is 9.89. The van der Waals surface area contributed by atoms with Crippen LogP contribution in [0, 0.1) is 11.6 Å². The van der Waals surface area contributed by atoms with Gasteiger partial charge in [0, 0.05) is 12.1 Å². The monoisotopic (exact) mass is 239 g/mol. The van der Waals surface area contributed by atoms with E-state index in [1.54, 1.807) is 6.07 Å². The first kappa shape index (κ1) is 12.0. The number of halogens is 2. The summed E-state index contributed by atoms with van der Waals surface area (Å²) >= 11 is 0. The molecule has 0 saturated carbocycles. The molecule has 0 aliphatic carbocycles. The summed E-state index contributed by atoms with van der Waals surface area (Å²) in [5.74, 6) is -0.553. The maximum absolute atomic E-state index is 13.5. The average Bonchev–Trinajstić information content (AvgIpc) is 2.69. The molecule has 0 spiro atoms. The van der Waals surface area contributed by atoms with E-state index in [-0.39, 0.29) is 11.6 Å². The van der Waals surface area contributed by atoms with E-state index in [9.17, 15) is 8.78 Å². The highest BCUT2D eigenvalue weighted by Crippen LogP contribution is 2.28. The third-order valence-corrected chi connectivity index (χ3v) is 2.77. The fourth-order valence-electron chi connectivity index (χ4n) is 1.95. The highest BCUT2D eigenvalue weighted by Gasteiger charge is 2.16. The lowest BCUT2D eigenvalue weighted by atomic mass is 10.1. The second kappa shape index (κ2) is 4.84. The molecule has 1 atom stereocenters. The highest BCUT2D eigenvalue weighted by atomic mass is 19.1. The molecule has 2 nitrogen and oxygen atoms in total. The van der Waals surface area contributed by atoms with Crippen LogP contribution in [-0.2, 0) is 0 Å². The maximum Gasteiger partial charge on any atom is 0.140 e. The minimum atomic E-state index is -0.618. The van der Waals surface area contributed by atoms with E-state index in [1.165, 1.54) is 6.07 Å². The summed E-state index contributed by atoms with van der Waals surface area (Å²) < 4.78 is 32.0. The van der Waals surface area contributed by atoms with Crippen LogP contribution >= 0.6 is 0 Å². The lowest BCUT2D eigenvalue weighted by molar-refractivity contribution is 0.427. The summed E-state index contributed by atoms with van der Waals surface area (Å²) in [4.78, 5) is 0. The van der Waals surface area contributed by atoms with E-state index < -0.39 is 11.6 Å². The summed E-state index contributed by atoms with van der Waals surface area (Å²) in [6.45, 7) is 4.80. The van der Waals surface area contributed by atoms with Crippen molar-refractivity contribution in [3.05, 3.63) is 35.6 Å². The van der Waals surface area contributed by atoms with Crippen LogP contribution in [0.4, 0.5) is 8.78 Å². The van der Waals surface area contributed by atoms with Gasteiger partial charge in [-0.3, -0.25) is 0 Å². The molecule has 2 rings (SSSR count). The number of hydrogen-bond acceptors (Lipinski definition) is 2. The van der Waals surface area contributed by atoms with Crippen molar-refractivity contribution in [2.75, 3.05) is 6.54 Å². The zero-order chi connectivity index (χ0) is 12.4. The number of benzene rings is 1. The minimum Gasteiger partial charge on any atom is -0.459 e. The molecule has 4 heteroatoms. The van der Waals surface area contributed by atoms with E-state index in [0.717, 1.165) is 19.0 Å². The Labute approximate surface area is 98.6 Å². The topological polar surface area (TPSA) is 25.2 Å². The molecule has 0 aliphatic heterocycles. The van der Waals surface area contributed by atoms with Crippen molar-refractivity contribution >= 4 is 11.0 Å². The number of fused-ring (bicyclic) bond motifs is 1.